The molecule has 1 amide bonds. The van der Waals surface area contributed by atoms with Crippen molar-refractivity contribution in [3.8, 4) is 0 Å². The van der Waals surface area contributed by atoms with E-state index in [1.807, 2.05) is 39.0 Å². The Bertz CT molecular complexity index is 486. The molecule has 0 spiro atoms. The van der Waals surface area contributed by atoms with Crippen molar-refractivity contribution in [3.63, 3.8) is 0 Å². The van der Waals surface area contributed by atoms with E-state index in [2.05, 4.69) is 19.9 Å². The number of rotatable bonds is 0. The van der Waals surface area contributed by atoms with Crippen LogP contribution >= 0.6 is 0 Å². The van der Waals surface area contributed by atoms with Crippen molar-refractivity contribution in [1.82, 2.24) is 0 Å². The van der Waals surface area contributed by atoms with Gasteiger partial charge in [-0.3, -0.25) is 4.90 Å². The van der Waals surface area contributed by atoms with Crippen molar-refractivity contribution in [2.75, 3.05) is 11.4 Å². The van der Waals surface area contributed by atoms with E-state index in [-0.39, 0.29) is 11.5 Å². The summed E-state index contributed by atoms with van der Waals surface area (Å²) < 4.78 is 5.49. The predicted molar refractivity (Wildman–Crippen MR) is 77.7 cm³/mol. The molecular weight excluding hydrogens is 238 g/mol. The molecule has 0 atom stereocenters. The summed E-state index contributed by atoms with van der Waals surface area (Å²) >= 11 is 0. The van der Waals surface area contributed by atoms with Gasteiger partial charge in [0.15, 0.2) is 0 Å². The van der Waals surface area contributed by atoms with E-state index in [0.717, 1.165) is 12.1 Å². The van der Waals surface area contributed by atoms with Crippen LogP contribution in [0.2, 0.25) is 0 Å². The summed E-state index contributed by atoms with van der Waals surface area (Å²) in [6.45, 7) is 10.8. The summed E-state index contributed by atoms with van der Waals surface area (Å²) in [6.07, 6.45) is 0.693. The van der Waals surface area contributed by atoms with Crippen molar-refractivity contribution in [1.29, 1.82) is 0 Å². The quantitative estimate of drug-likeness (QED) is 0.703. The molecule has 0 unspecified atom stereocenters. The van der Waals surface area contributed by atoms with Crippen LogP contribution in [0.5, 0.6) is 0 Å². The Morgan fingerprint density at radius 3 is 2.53 bits per heavy atom. The van der Waals surface area contributed by atoms with Crippen LogP contribution in [0, 0.1) is 0 Å². The smallest absolute Gasteiger partial charge is 0.414 e. The lowest BCUT2D eigenvalue weighted by molar-refractivity contribution is 0.0574. The predicted octanol–water partition coefficient (Wildman–Crippen LogP) is 4.11. The van der Waals surface area contributed by atoms with Gasteiger partial charge < -0.3 is 4.74 Å². The number of carbonyl (C=O) groups is 1. The standard InChI is InChI=1S/C16H23NO2/c1-15(2,3)19-14(18)17-11-10-16(4,5)12-8-6-7-9-13(12)17/h6-9H,10-11H2,1-5H3. The van der Waals surface area contributed by atoms with E-state index < -0.39 is 5.60 Å². The summed E-state index contributed by atoms with van der Waals surface area (Å²) in [5.74, 6) is 0. The Morgan fingerprint density at radius 2 is 1.89 bits per heavy atom. The van der Waals surface area contributed by atoms with E-state index in [9.17, 15) is 4.79 Å². The maximum atomic E-state index is 12.3. The van der Waals surface area contributed by atoms with Gasteiger partial charge in [0.2, 0.25) is 0 Å². The number of hydrogen-bond acceptors (Lipinski definition) is 2. The molecule has 0 aromatic heterocycles. The maximum absolute atomic E-state index is 12.3. The molecule has 2 rings (SSSR count). The number of nitrogens with zero attached hydrogens (tertiary/aromatic N) is 1. The van der Waals surface area contributed by atoms with Crippen LogP contribution in [0.4, 0.5) is 10.5 Å². The number of hydrogen-bond donors (Lipinski definition) is 0. The minimum absolute atomic E-state index is 0.106. The van der Waals surface area contributed by atoms with Crippen molar-refractivity contribution < 1.29 is 9.53 Å². The van der Waals surface area contributed by atoms with Gasteiger partial charge in [-0.05, 0) is 44.2 Å². The van der Waals surface area contributed by atoms with Gasteiger partial charge in [0.25, 0.3) is 0 Å². The molecule has 0 N–H and O–H groups in total. The lowest BCUT2D eigenvalue weighted by Gasteiger charge is -2.39. The van der Waals surface area contributed by atoms with Crippen molar-refractivity contribution >= 4 is 11.8 Å². The van der Waals surface area contributed by atoms with Crippen LogP contribution in [0.15, 0.2) is 24.3 Å². The average molecular weight is 261 g/mol. The third-order valence-corrected chi connectivity index (χ3v) is 3.50. The molecule has 1 aliphatic heterocycles. The third kappa shape index (κ3) is 2.91. The Labute approximate surface area is 115 Å². The summed E-state index contributed by atoms with van der Waals surface area (Å²) in [5, 5.41) is 0. The summed E-state index contributed by atoms with van der Waals surface area (Å²) in [6, 6.07) is 8.10. The Hall–Kier alpha value is -1.51. The number of para-hydroxylation sites is 1. The molecule has 1 aromatic rings. The minimum atomic E-state index is -0.459. The summed E-state index contributed by atoms with van der Waals surface area (Å²) in [7, 11) is 0. The lowest BCUT2D eigenvalue weighted by Crippen LogP contribution is -2.43. The highest BCUT2D eigenvalue weighted by molar-refractivity contribution is 5.90. The van der Waals surface area contributed by atoms with Crippen LogP contribution in [-0.4, -0.2) is 18.2 Å². The van der Waals surface area contributed by atoms with Crippen LogP contribution < -0.4 is 4.90 Å². The fraction of sp³-hybridized carbons (Fsp3) is 0.562. The number of benzene rings is 1. The fourth-order valence-electron chi connectivity index (χ4n) is 2.43. The largest absolute Gasteiger partial charge is 0.443 e. The second-order valence-electron chi connectivity index (χ2n) is 6.78. The highest BCUT2D eigenvalue weighted by Crippen LogP contribution is 2.39. The van der Waals surface area contributed by atoms with Crippen LogP contribution in [0.3, 0.4) is 0 Å². The molecule has 1 heterocycles. The molecule has 1 aliphatic rings. The topological polar surface area (TPSA) is 29.5 Å². The highest BCUT2D eigenvalue weighted by atomic mass is 16.6. The monoisotopic (exact) mass is 261 g/mol. The molecule has 1 aromatic carbocycles. The fourth-order valence-corrected chi connectivity index (χ4v) is 2.43. The zero-order chi connectivity index (χ0) is 14.3. The molecule has 0 fully saturated rings. The van der Waals surface area contributed by atoms with Crippen LogP contribution in [0.25, 0.3) is 0 Å². The molecule has 19 heavy (non-hydrogen) atoms. The Morgan fingerprint density at radius 1 is 1.26 bits per heavy atom. The molecule has 0 aliphatic carbocycles. The van der Waals surface area contributed by atoms with E-state index in [0.29, 0.717) is 6.54 Å². The highest BCUT2D eigenvalue weighted by Gasteiger charge is 2.35. The van der Waals surface area contributed by atoms with Crippen LogP contribution in [0.1, 0.15) is 46.6 Å². The molecule has 0 saturated carbocycles. The van der Waals surface area contributed by atoms with E-state index in [1.165, 1.54) is 5.56 Å². The molecule has 104 valence electrons. The Kier molecular flexibility index (Phi) is 3.33. The zero-order valence-corrected chi connectivity index (χ0v) is 12.5. The average Bonchev–Trinajstić information content (AvgIpc) is 2.26. The first-order chi connectivity index (χ1) is 8.71. The van der Waals surface area contributed by atoms with Gasteiger partial charge in [0, 0.05) is 6.54 Å². The van der Waals surface area contributed by atoms with Gasteiger partial charge in [-0.15, -0.1) is 0 Å². The van der Waals surface area contributed by atoms with Gasteiger partial charge in [0.1, 0.15) is 5.60 Å². The normalized spacial score (nSPS) is 17.8. The summed E-state index contributed by atoms with van der Waals surface area (Å²) in [5.41, 5.74) is 1.84. The van der Waals surface area contributed by atoms with Gasteiger partial charge in [-0.2, -0.15) is 0 Å². The van der Waals surface area contributed by atoms with Gasteiger partial charge in [-0.25, -0.2) is 4.79 Å². The lowest BCUT2D eigenvalue weighted by atomic mass is 9.78. The first kappa shape index (κ1) is 13.9. The second-order valence-corrected chi connectivity index (χ2v) is 6.78. The second kappa shape index (κ2) is 4.55. The molecule has 0 saturated heterocycles. The van der Waals surface area contributed by atoms with Gasteiger partial charge in [0.05, 0.1) is 5.69 Å². The molecule has 0 radical (unpaired) electrons. The maximum Gasteiger partial charge on any atom is 0.414 e. The Balaban J connectivity index is 2.33. The third-order valence-electron chi connectivity index (χ3n) is 3.50. The van der Waals surface area contributed by atoms with E-state index in [1.54, 1.807) is 4.90 Å². The molecule has 3 nitrogen and oxygen atoms in total. The number of fused-ring (bicyclic) bond motifs is 1. The van der Waals surface area contributed by atoms with Crippen molar-refractivity contribution in [2.45, 2.75) is 52.1 Å². The number of carbonyl (C=O) groups excluding carboxylic acids is 1. The van der Waals surface area contributed by atoms with Crippen molar-refractivity contribution in [3.05, 3.63) is 29.8 Å². The molecule has 3 heteroatoms. The van der Waals surface area contributed by atoms with Gasteiger partial charge >= 0.3 is 6.09 Å². The van der Waals surface area contributed by atoms with E-state index in [4.69, 9.17) is 4.74 Å². The zero-order valence-electron chi connectivity index (χ0n) is 12.5. The van der Waals surface area contributed by atoms with Gasteiger partial charge in [-0.1, -0.05) is 32.0 Å². The summed E-state index contributed by atoms with van der Waals surface area (Å²) in [4.78, 5) is 14.0. The number of amides is 1. The molecule has 0 bridgehead atoms. The minimum Gasteiger partial charge on any atom is -0.443 e. The molecular formula is C16H23NO2. The van der Waals surface area contributed by atoms with Crippen LogP contribution in [-0.2, 0) is 10.2 Å². The number of ether oxygens (including phenoxy) is 1. The SMILES string of the molecule is CC(C)(C)OC(=O)N1CCC(C)(C)c2ccccc21. The first-order valence-electron chi connectivity index (χ1n) is 6.81. The first-order valence-corrected chi connectivity index (χ1v) is 6.81. The van der Waals surface area contributed by atoms with Crippen molar-refractivity contribution in [2.24, 2.45) is 0 Å². The number of anilines is 1. The van der Waals surface area contributed by atoms with E-state index >= 15 is 0 Å².